The Balaban J connectivity index is 2.10. The predicted molar refractivity (Wildman–Crippen MR) is 82.3 cm³/mol. The molecule has 0 saturated carbocycles. The van der Waals surface area contributed by atoms with E-state index in [1.54, 1.807) is 6.92 Å². The normalized spacial score (nSPS) is 13.1. The minimum absolute atomic E-state index is 0.150. The van der Waals surface area contributed by atoms with Gasteiger partial charge in [-0.15, -0.1) is 0 Å². The lowest BCUT2D eigenvalue weighted by Gasteiger charge is -2.19. The number of aliphatic hydroxyl groups excluding tert-OH is 1. The molecule has 2 rings (SSSR count). The van der Waals surface area contributed by atoms with Crippen LogP contribution in [0, 0.1) is 0 Å². The molecule has 0 aliphatic rings. The van der Waals surface area contributed by atoms with E-state index >= 15 is 0 Å². The maximum atomic E-state index is 9.47. The summed E-state index contributed by atoms with van der Waals surface area (Å²) in [7, 11) is 0. The van der Waals surface area contributed by atoms with Gasteiger partial charge in [-0.3, -0.25) is 0 Å². The van der Waals surface area contributed by atoms with Crippen LogP contribution >= 0.6 is 0 Å². The molecule has 0 amide bonds. The molecule has 0 aliphatic carbocycles. The quantitative estimate of drug-likeness (QED) is 0.865. The summed E-state index contributed by atoms with van der Waals surface area (Å²) < 4.78 is 5.80. The van der Waals surface area contributed by atoms with Crippen molar-refractivity contribution in [2.24, 2.45) is 0 Å². The molecule has 20 heavy (non-hydrogen) atoms. The van der Waals surface area contributed by atoms with Crippen LogP contribution in [0.15, 0.2) is 48.5 Å². The van der Waals surface area contributed by atoms with Gasteiger partial charge >= 0.3 is 0 Å². The van der Waals surface area contributed by atoms with Gasteiger partial charge in [0, 0.05) is 0 Å². The van der Waals surface area contributed by atoms with E-state index in [-0.39, 0.29) is 5.41 Å². The van der Waals surface area contributed by atoms with Crippen LogP contribution in [-0.2, 0) is 5.41 Å². The minimum atomic E-state index is -0.449. The first-order valence-electron chi connectivity index (χ1n) is 6.93. The zero-order valence-electron chi connectivity index (χ0n) is 12.6. The van der Waals surface area contributed by atoms with Crippen molar-refractivity contribution in [3.8, 4) is 11.5 Å². The van der Waals surface area contributed by atoms with Crippen LogP contribution in [0.4, 0.5) is 0 Å². The summed E-state index contributed by atoms with van der Waals surface area (Å²) in [4.78, 5) is 0. The molecule has 2 aromatic carbocycles. The van der Waals surface area contributed by atoms with Crippen LogP contribution in [0.2, 0.25) is 0 Å². The van der Waals surface area contributed by atoms with Crippen molar-refractivity contribution >= 4 is 0 Å². The van der Waals surface area contributed by atoms with Crippen molar-refractivity contribution in [1.29, 1.82) is 0 Å². The zero-order chi connectivity index (χ0) is 14.8. The zero-order valence-corrected chi connectivity index (χ0v) is 12.6. The van der Waals surface area contributed by atoms with Gasteiger partial charge in [0.1, 0.15) is 11.5 Å². The summed E-state index contributed by atoms with van der Waals surface area (Å²) >= 11 is 0. The molecule has 2 heteroatoms. The maximum Gasteiger partial charge on any atom is 0.127 e. The average Bonchev–Trinajstić information content (AvgIpc) is 2.39. The van der Waals surface area contributed by atoms with Gasteiger partial charge in [0.25, 0.3) is 0 Å². The van der Waals surface area contributed by atoms with Gasteiger partial charge in [-0.25, -0.2) is 0 Å². The molecule has 0 unspecified atom stereocenters. The molecule has 2 aromatic rings. The van der Waals surface area contributed by atoms with Gasteiger partial charge in [0.15, 0.2) is 0 Å². The summed E-state index contributed by atoms with van der Waals surface area (Å²) in [5, 5.41) is 9.47. The van der Waals surface area contributed by atoms with Crippen molar-refractivity contribution in [2.45, 2.75) is 39.2 Å². The summed E-state index contributed by atoms with van der Waals surface area (Å²) in [6.07, 6.45) is -0.449. The van der Waals surface area contributed by atoms with Crippen molar-refractivity contribution < 1.29 is 9.84 Å². The summed E-state index contributed by atoms with van der Waals surface area (Å²) in [6, 6.07) is 15.7. The number of hydrogen-bond donors (Lipinski definition) is 1. The van der Waals surface area contributed by atoms with Crippen molar-refractivity contribution in [3.05, 3.63) is 59.7 Å². The molecule has 1 atom stereocenters. The Hall–Kier alpha value is -1.80. The Morgan fingerprint density at radius 2 is 1.30 bits per heavy atom. The number of hydrogen-bond acceptors (Lipinski definition) is 2. The number of ether oxygens (including phenoxy) is 1. The highest BCUT2D eigenvalue weighted by atomic mass is 16.5. The molecule has 106 valence electrons. The molecule has 0 heterocycles. The number of rotatable bonds is 3. The van der Waals surface area contributed by atoms with Gasteiger partial charge in [0.2, 0.25) is 0 Å². The van der Waals surface area contributed by atoms with Crippen molar-refractivity contribution in [1.82, 2.24) is 0 Å². The number of aliphatic hydroxyl groups is 1. The molecule has 0 aromatic heterocycles. The molecule has 0 spiro atoms. The second-order valence-electron chi connectivity index (χ2n) is 6.12. The van der Waals surface area contributed by atoms with Crippen molar-refractivity contribution in [3.63, 3.8) is 0 Å². The topological polar surface area (TPSA) is 29.5 Å². The van der Waals surface area contributed by atoms with Gasteiger partial charge in [-0.05, 0) is 47.7 Å². The fraction of sp³-hybridized carbons (Fsp3) is 0.333. The highest BCUT2D eigenvalue weighted by Gasteiger charge is 2.13. The largest absolute Gasteiger partial charge is 0.457 e. The average molecular weight is 270 g/mol. The molecular formula is C18H22O2. The Morgan fingerprint density at radius 3 is 1.70 bits per heavy atom. The first-order valence-corrected chi connectivity index (χ1v) is 6.93. The van der Waals surface area contributed by atoms with E-state index in [1.165, 1.54) is 5.56 Å². The van der Waals surface area contributed by atoms with E-state index in [4.69, 9.17) is 4.74 Å². The van der Waals surface area contributed by atoms with Crippen LogP contribution in [-0.4, -0.2) is 5.11 Å². The predicted octanol–water partition coefficient (Wildman–Crippen LogP) is 4.83. The number of benzene rings is 2. The second-order valence-corrected chi connectivity index (χ2v) is 6.12. The SMILES string of the molecule is C[C@H](O)c1ccc(Oc2ccc(C(C)(C)C)cc2)cc1. The fourth-order valence-electron chi connectivity index (χ4n) is 1.97. The molecule has 2 nitrogen and oxygen atoms in total. The lowest BCUT2D eigenvalue weighted by Crippen LogP contribution is -2.10. The van der Waals surface area contributed by atoms with E-state index in [0.717, 1.165) is 17.1 Å². The van der Waals surface area contributed by atoms with E-state index < -0.39 is 6.10 Å². The van der Waals surface area contributed by atoms with E-state index in [0.29, 0.717) is 0 Å². The molecular weight excluding hydrogens is 248 g/mol. The standard InChI is InChI=1S/C18H22O2/c1-13(19)14-5-9-16(10-6-14)20-17-11-7-15(8-12-17)18(2,3)4/h5-13,19H,1-4H3/t13-/m0/s1. The summed E-state index contributed by atoms with van der Waals surface area (Å²) in [5.74, 6) is 1.60. The van der Waals surface area contributed by atoms with Gasteiger partial charge in [0.05, 0.1) is 6.10 Å². The van der Waals surface area contributed by atoms with Gasteiger partial charge < -0.3 is 9.84 Å². The first kappa shape index (κ1) is 14.6. The summed E-state index contributed by atoms with van der Waals surface area (Å²) in [5.41, 5.74) is 2.33. The Labute approximate surface area is 121 Å². The Kier molecular flexibility index (Phi) is 4.15. The maximum absolute atomic E-state index is 9.47. The monoisotopic (exact) mass is 270 g/mol. The van der Waals surface area contributed by atoms with Crippen LogP contribution in [0.1, 0.15) is 44.9 Å². The second kappa shape index (κ2) is 5.68. The lowest BCUT2D eigenvalue weighted by molar-refractivity contribution is 0.199. The summed E-state index contributed by atoms with van der Waals surface area (Å²) in [6.45, 7) is 8.33. The van der Waals surface area contributed by atoms with E-state index in [1.807, 2.05) is 36.4 Å². The highest BCUT2D eigenvalue weighted by molar-refractivity contribution is 5.36. The molecule has 0 fully saturated rings. The Morgan fingerprint density at radius 1 is 0.850 bits per heavy atom. The molecule has 1 N–H and O–H groups in total. The molecule has 0 bridgehead atoms. The lowest BCUT2D eigenvalue weighted by atomic mass is 9.87. The van der Waals surface area contributed by atoms with Crippen molar-refractivity contribution in [2.75, 3.05) is 0 Å². The third-order valence-corrected chi connectivity index (χ3v) is 3.32. The van der Waals surface area contributed by atoms with Gasteiger partial charge in [-0.1, -0.05) is 45.0 Å². The van der Waals surface area contributed by atoms with Gasteiger partial charge in [-0.2, -0.15) is 0 Å². The molecule has 0 aliphatic heterocycles. The fourth-order valence-corrected chi connectivity index (χ4v) is 1.97. The molecule has 0 radical (unpaired) electrons. The molecule has 0 saturated heterocycles. The smallest absolute Gasteiger partial charge is 0.127 e. The van der Waals surface area contributed by atoms with Crippen LogP contribution in [0.3, 0.4) is 0 Å². The first-order chi connectivity index (χ1) is 9.36. The third-order valence-electron chi connectivity index (χ3n) is 3.32. The van der Waals surface area contributed by atoms with Crippen LogP contribution < -0.4 is 4.74 Å². The highest BCUT2D eigenvalue weighted by Crippen LogP contribution is 2.27. The minimum Gasteiger partial charge on any atom is -0.457 e. The Bertz CT molecular complexity index is 545. The van der Waals surface area contributed by atoms with Crippen LogP contribution in [0.5, 0.6) is 11.5 Å². The van der Waals surface area contributed by atoms with E-state index in [9.17, 15) is 5.11 Å². The van der Waals surface area contributed by atoms with Crippen LogP contribution in [0.25, 0.3) is 0 Å². The van der Waals surface area contributed by atoms with E-state index in [2.05, 4.69) is 32.9 Å². The third kappa shape index (κ3) is 3.61.